The predicted octanol–water partition coefficient (Wildman–Crippen LogP) is 5.61. The van der Waals surface area contributed by atoms with Crippen LogP contribution in [0, 0.1) is 10.8 Å². The Morgan fingerprint density at radius 3 is 1.84 bits per heavy atom. The van der Waals surface area contributed by atoms with E-state index in [-0.39, 0.29) is 17.8 Å². The molecule has 0 saturated heterocycles. The zero-order valence-corrected chi connectivity index (χ0v) is 19.2. The summed E-state index contributed by atoms with van der Waals surface area (Å²) in [4.78, 5) is 0. The van der Waals surface area contributed by atoms with Gasteiger partial charge in [0.1, 0.15) is 23.2 Å². The molecule has 2 aromatic rings. The van der Waals surface area contributed by atoms with Crippen molar-refractivity contribution in [2.24, 2.45) is 11.5 Å². The summed E-state index contributed by atoms with van der Waals surface area (Å²) in [6.07, 6.45) is 10.9. The summed E-state index contributed by atoms with van der Waals surface area (Å²) >= 11 is 0. The lowest BCUT2D eigenvalue weighted by Gasteiger charge is -2.15. The fraction of sp³-hybridized carbons (Fsp3) is 0.462. The third-order valence-electron chi connectivity index (χ3n) is 5.40. The number of nitrogens with two attached hydrogens (primary N) is 2. The normalized spacial score (nSPS) is 11.7. The third kappa shape index (κ3) is 9.86. The second-order valence-corrected chi connectivity index (χ2v) is 8.28. The van der Waals surface area contributed by atoms with Crippen molar-refractivity contribution in [3.63, 3.8) is 0 Å². The summed E-state index contributed by atoms with van der Waals surface area (Å²) in [6, 6.07) is 14.8. The molecule has 1 atom stereocenters. The van der Waals surface area contributed by atoms with Crippen LogP contribution in [-0.2, 0) is 0 Å². The topological polar surface area (TPSA) is 118 Å². The van der Waals surface area contributed by atoms with E-state index in [1.165, 1.54) is 44.9 Å². The molecule has 2 aromatic carbocycles. The summed E-state index contributed by atoms with van der Waals surface area (Å²) in [5, 5.41) is 15.0. The number of hydrogen-bond donors (Lipinski definition) is 4. The molecule has 2 rings (SSSR count). The first-order valence-electron chi connectivity index (χ1n) is 11.6. The van der Waals surface area contributed by atoms with Crippen LogP contribution < -0.4 is 20.9 Å². The summed E-state index contributed by atoms with van der Waals surface area (Å²) in [5.74, 6) is 1.69. The predicted molar refractivity (Wildman–Crippen MR) is 132 cm³/mol. The van der Waals surface area contributed by atoms with Gasteiger partial charge in [0.25, 0.3) is 0 Å². The fourth-order valence-electron chi connectivity index (χ4n) is 3.57. The Hall–Kier alpha value is -3.02. The SMILES string of the molecule is CC(CCCCCCCCCCOc1cccc(C(=N)N)c1)Oc1cccc(C(=N)N)c1. The van der Waals surface area contributed by atoms with E-state index < -0.39 is 0 Å². The van der Waals surface area contributed by atoms with Gasteiger partial charge in [-0.1, -0.05) is 62.8 Å². The summed E-state index contributed by atoms with van der Waals surface area (Å²) in [6.45, 7) is 2.80. The van der Waals surface area contributed by atoms with E-state index in [9.17, 15) is 0 Å². The molecule has 1 unspecified atom stereocenters. The van der Waals surface area contributed by atoms with E-state index in [0.717, 1.165) is 24.3 Å². The zero-order chi connectivity index (χ0) is 23.2. The number of hydrogen-bond acceptors (Lipinski definition) is 4. The van der Waals surface area contributed by atoms with E-state index >= 15 is 0 Å². The third-order valence-corrected chi connectivity index (χ3v) is 5.40. The first-order valence-corrected chi connectivity index (χ1v) is 11.6. The van der Waals surface area contributed by atoms with Gasteiger partial charge in [-0.25, -0.2) is 0 Å². The van der Waals surface area contributed by atoms with Crippen LogP contribution in [0.1, 0.15) is 75.8 Å². The number of nitrogen functional groups attached to an aromatic ring is 2. The monoisotopic (exact) mass is 438 g/mol. The number of benzene rings is 2. The molecule has 0 aromatic heterocycles. The van der Waals surface area contributed by atoms with Gasteiger partial charge in [-0.2, -0.15) is 0 Å². The van der Waals surface area contributed by atoms with Crippen molar-refractivity contribution in [2.45, 2.75) is 70.8 Å². The largest absolute Gasteiger partial charge is 0.494 e. The van der Waals surface area contributed by atoms with Crippen molar-refractivity contribution in [2.75, 3.05) is 6.61 Å². The molecule has 32 heavy (non-hydrogen) atoms. The molecule has 174 valence electrons. The Morgan fingerprint density at radius 2 is 1.25 bits per heavy atom. The van der Waals surface area contributed by atoms with Gasteiger partial charge in [-0.05, 0) is 50.5 Å². The van der Waals surface area contributed by atoms with E-state index in [1.807, 2.05) is 48.5 Å². The van der Waals surface area contributed by atoms with Crippen LogP contribution in [0.4, 0.5) is 0 Å². The van der Waals surface area contributed by atoms with Crippen LogP contribution >= 0.6 is 0 Å². The molecule has 6 nitrogen and oxygen atoms in total. The van der Waals surface area contributed by atoms with Crippen LogP contribution in [0.3, 0.4) is 0 Å². The maximum absolute atomic E-state index is 7.51. The molecule has 0 aliphatic carbocycles. The number of rotatable bonds is 16. The van der Waals surface area contributed by atoms with Crippen LogP contribution in [0.5, 0.6) is 11.5 Å². The van der Waals surface area contributed by atoms with Crippen LogP contribution in [0.25, 0.3) is 0 Å². The smallest absolute Gasteiger partial charge is 0.122 e. The molecule has 0 radical (unpaired) electrons. The maximum atomic E-state index is 7.51. The summed E-state index contributed by atoms with van der Waals surface area (Å²) < 4.78 is 11.7. The van der Waals surface area contributed by atoms with Crippen molar-refractivity contribution in [1.29, 1.82) is 10.8 Å². The van der Waals surface area contributed by atoms with Crippen molar-refractivity contribution in [1.82, 2.24) is 0 Å². The number of amidine groups is 2. The Kier molecular flexibility index (Phi) is 11.1. The second-order valence-electron chi connectivity index (χ2n) is 8.28. The lowest BCUT2D eigenvalue weighted by atomic mass is 10.1. The average Bonchev–Trinajstić information content (AvgIpc) is 2.77. The molecule has 6 N–H and O–H groups in total. The average molecular weight is 439 g/mol. The number of unbranched alkanes of at least 4 members (excludes halogenated alkanes) is 7. The molecule has 6 heteroatoms. The molecule has 0 spiro atoms. The van der Waals surface area contributed by atoms with Crippen LogP contribution in [0.2, 0.25) is 0 Å². The van der Waals surface area contributed by atoms with E-state index in [0.29, 0.717) is 17.7 Å². The van der Waals surface area contributed by atoms with Gasteiger partial charge in [0.2, 0.25) is 0 Å². The highest BCUT2D eigenvalue weighted by Gasteiger charge is 2.06. The molecular weight excluding hydrogens is 400 g/mol. The first kappa shape index (κ1) is 25.2. The summed E-state index contributed by atoms with van der Waals surface area (Å²) in [5.41, 5.74) is 12.4. The standard InChI is InChI=1S/C26H38N4O2/c1-20(32-24-16-11-14-22(19-24)26(29)30)12-8-6-4-2-3-5-7-9-17-31-23-15-10-13-21(18-23)25(27)28/h10-11,13-16,18-20H,2-9,12,17H2,1H3,(H3,27,28)(H3,29,30). The van der Waals surface area contributed by atoms with Gasteiger partial charge in [0.05, 0.1) is 12.7 Å². The van der Waals surface area contributed by atoms with Gasteiger partial charge < -0.3 is 20.9 Å². The minimum atomic E-state index is 0.0649. The number of ether oxygens (including phenoxy) is 2. The quantitative estimate of drug-likeness (QED) is 0.155. The highest BCUT2D eigenvalue weighted by atomic mass is 16.5. The molecular formula is C26H38N4O2. The maximum Gasteiger partial charge on any atom is 0.122 e. The van der Waals surface area contributed by atoms with Crippen LogP contribution in [0.15, 0.2) is 48.5 Å². The molecule has 0 amide bonds. The lowest BCUT2D eigenvalue weighted by Crippen LogP contribution is -2.14. The molecule has 0 saturated carbocycles. The van der Waals surface area contributed by atoms with Gasteiger partial charge in [-0.15, -0.1) is 0 Å². The van der Waals surface area contributed by atoms with Crippen molar-refractivity contribution >= 4 is 11.7 Å². The van der Waals surface area contributed by atoms with Gasteiger partial charge in [-0.3, -0.25) is 10.8 Å². The van der Waals surface area contributed by atoms with E-state index in [2.05, 4.69) is 6.92 Å². The van der Waals surface area contributed by atoms with Crippen LogP contribution in [-0.4, -0.2) is 24.4 Å². The van der Waals surface area contributed by atoms with E-state index in [4.69, 9.17) is 31.8 Å². The summed E-state index contributed by atoms with van der Waals surface area (Å²) in [7, 11) is 0. The molecule has 0 fully saturated rings. The molecule has 0 aliphatic rings. The van der Waals surface area contributed by atoms with E-state index in [1.54, 1.807) is 0 Å². The second kappa shape index (κ2) is 14.1. The minimum absolute atomic E-state index is 0.0649. The van der Waals surface area contributed by atoms with Crippen molar-refractivity contribution in [3.8, 4) is 11.5 Å². The van der Waals surface area contributed by atoms with Gasteiger partial charge in [0, 0.05) is 11.1 Å². The van der Waals surface area contributed by atoms with Gasteiger partial charge in [0.15, 0.2) is 0 Å². The Balaban J connectivity index is 1.44. The first-order chi connectivity index (χ1) is 15.5. The van der Waals surface area contributed by atoms with Crippen molar-refractivity contribution < 1.29 is 9.47 Å². The Morgan fingerprint density at radius 1 is 0.750 bits per heavy atom. The Labute approximate surface area is 192 Å². The van der Waals surface area contributed by atoms with Gasteiger partial charge >= 0.3 is 0 Å². The molecule has 0 heterocycles. The zero-order valence-electron chi connectivity index (χ0n) is 19.2. The van der Waals surface area contributed by atoms with Crippen molar-refractivity contribution in [3.05, 3.63) is 59.7 Å². The highest BCUT2D eigenvalue weighted by molar-refractivity contribution is 5.95. The fourth-order valence-corrected chi connectivity index (χ4v) is 3.57. The lowest BCUT2D eigenvalue weighted by molar-refractivity contribution is 0.206. The molecule has 0 bridgehead atoms. The number of nitrogens with one attached hydrogen (secondary N) is 2. The highest BCUT2D eigenvalue weighted by Crippen LogP contribution is 2.18. The minimum Gasteiger partial charge on any atom is -0.494 e. The Bertz CT molecular complexity index is 853. The molecule has 0 aliphatic heterocycles.